The molecule has 0 radical (unpaired) electrons. The van der Waals surface area contributed by atoms with Crippen LogP contribution in [0, 0.1) is 0 Å². The van der Waals surface area contributed by atoms with Gasteiger partial charge >= 0.3 is 0 Å². The molecule has 2 N–H and O–H groups in total. The van der Waals surface area contributed by atoms with Crippen LogP contribution < -0.4 is 15.5 Å². The number of carbonyl (C=O) groups excluding carboxylic acids is 3. The van der Waals surface area contributed by atoms with Crippen LogP contribution in [0.15, 0.2) is 24.3 Å². The molecule has 1 aromatic carbocycles. The largest absolute Gasteiger partial charge is 0.363 e. The van der Waals surface area contributed by atoms with E-state index in [1.54, 1.807) is 12.1 Å². The summed E-state index contributed by atoms with van der Waals surface area (Å²) in [7, 11) is 1.83. The molecule has 1 aliphatic heterocycles. The van der Waals surface area contributed by atoms with E-state index in [9.17, 15) is 14.4 Å². The third-order valence-corrected chi connectivity index (χ3v) is 3.51. The molecule has 3 amide bonds. The van der Waals surface area contributed by atoms with Gasteiger partial charge < -0.3 is 10.2 Å². The van der Waals surface area contributed by atoms with Crippen molar-refractivity contribution in [2.75, 3.05) is 17.3 Å². The van der Waals surface area contributed by atoms with Crippen LogP contribution in [0.1, 0.15) is 26.2 Å². The van der Waals surface area contributed by atoms with Crippen molar-refractivity contribution in [3.63, 3.8) is 0 Å². The van der Waals surface area contributed by atoms with Crippen LogP contribution in [0.25, 0.3) is 0 Å². The van der Waals surface area contributed by atoms with Crippen LogP contribution in [0.3, 0.4) is 0 Å². The van der Waals surface area contributed by atoms with Crippen molar-refractivity contribution >= 4 is 29.1 Å². The number of nitrogens with zero attached hydrogens (tertiary/aromatic N) is 1. The van der Waals surface area contributed by atoms with E-state index in [-0.39, 0.29) is 23.8 Å². The Kier molecular flexibility index (Phi) is 4.57. The molecule has 21 heavy (non-hydrogen) atoms. The molecule has 1 aromatic rings. The van der Waals surface area contributed by atoms with Gasteiger partial charge in [0.25, 0.3) is 0 Å². The molecule has 1 atom stereocenters. The Balaban J connectivity index is 2.11. The minimum Gasteiger partial charge on any atom is -0.363 e. The number of benzene rings is 1. The van der Waals surface area contributed by atoms with E-state index in [0.29, 0.717) is 24.9 Å². The van der Waals surface area contributed by atoms with E-state index >= 15 is 0 Å². The molecule has 1 aliphatic rings. The molecule has 0 aliphatic carbocycles. The van der Waals surface area contributed by atoms with Gasteiger partial charge in [-0.1, -0.05) is 0 Å². The molecule has 1 heterocycles. The molecule has 6 heteroatoms. The van der Waals surface area contributed by atoms with Gasteiger partial charge in [0.15, 0.2) is 0 Å². The minimum absolute atomic E-state index is 0.127. The van der Waals surface area contributed by atoms with Gasteiger partial charge in [-0.2, -0.15) is 0 Å². The first-order valence-electron chi connectivity index (χ1n) is 6.91. The second-order valence-corrected chi connectivity index (χ2v) is 5.16. The second-order valence-electron chi connectivity index (χ2n) is 5.16. The third-order valence-electron chi connectivity index (χ3n) is 3.51. The Bertz CT molecular complexity index is 554. The van der Waals surface area contributed by atoms with Crippen LogP contribution >= 0.6 is 0 Å². The number of likely N-dealkylation sites (N-methyl/N-ethyl adjacent to an activating group) is 1. The monoisotopic (exact) mass is 289 g/mol. The predicted molar refractivity (Wildman–Crippen MR) is 79.9 cm³/mol. The average molecular weight is 289 g/mol. The molecular formula is C15H19N3O3. The summed E-state index contributed by atoms with van der Waals surface area (Å²) in [6.45, 7) is 1.45. The van der Waals surface area contributed by atoms with Crippen LogP contribution in [0.5, 0.6) is 0 Å². The van der Waals surface area contributed by atoms with Gasteiger partial charge in [-0.05, 0) is 37.1 Å². The first-order chi connectivity index (χ1) is 9.97. The Morgan fingerprint density at radius 1 is 1.29 bits per heavy atom. The Morgan fingerprint density at radius 2 is 1.95 bits per heavy atom. The van der Waals surface area contributed by atoms with Gasteiger partial charge in [-0.15, -0.1) is 0 Å². The fraction of sp³-hybridized carbons (Fsp3) is 0.400. The molecule has 112 valence electrons. The maximum Gasteiger partial charge on any atom is 0.249 e. The van der Waals surface area contributed by atoms with Crippen molar-refractivity contribution in [1.82, 2.24) is 5.32 Å². The summed E-state index contributed by atoms with van der Waals surface area (Å²) in [5.74, 6) is -0.597. The van der Waals surface area contributed by atoms with E-state index in [1.807, 2.05) is 24.1 Å². The van der Waals surface area contributed by atoms with Crippen molar-refractivity contribution in [3.8, 4) is 0 Å². The number of amides is 3. The highest BCUT2D eigenvalue weighted by Crippen LogP contribution is 2.22. The summed E-state index contributed by atoms with van der Waals surface area (Å²) < 4.78 is 0. The standard InChI is InChI=1S/C15H19N3O3/c1-10(19)16-11-6-8-12(9-7-11)18(2)13-4-3-5-14(20)17-15(13)21/h6-9,13H,3-5H2,1-2H3,(H,16,19)(H,17,20,21). The first-order valence-corrected chi connectivity index (χ1v) is 6.91. The molecule has 1 saturated heterocycles. The zero-order valence-electron chi connectivity index (χ0n) is 12.2. The van der Waals surface area contributed by atoms with Crippen LogP contribution in [-0.4, -0.2) is 30.8 Å². The number of hydrogen-bond acceptors (Lipinski definition) is 4. The highest BCUT2D eigenvalue weighted by Gasteiger charge is 2.27. The first kappa shape index (κ1) is 15.0. The topological polar surface area (TPSA) is 78.5 Å². The Hall–Kier alpha value is -2.37. The maximum atomic E-state index is 12.0. The minimum atomic E-state index is -0.358. The van der Waals surface area contributed by atoms with Gasteiger partial charge in [-0.3, -0.25) is 19.7 Å². The molecule has 6 nitrogen and oxygen atoms in total. The predicted octanol–water partition coefficient (Wildman–Crippen LogP) is 1.28. The molecule has 1 unspecified atom stereocenters. The zero-order valence-corrected chi connectivity index (χ0v) is 12.2. The summed E-state index contributed by atoms with van der Waals surface area (Å²) in [6, 6.07) is 6.89. The van der Waals surface area contributed by atoms with Crippen molar-refractivity contribution < 1.29 is 14.4 Å². The lowest BCUT2D eigenvalue weighted by Gasteiger charge is -2.27. The average Bonchev–Trinajstić information content (AvgIpc) is 2.59. The summed E-state index contributed by atoms with van der Waals surface area (Å²) in [5, 5.41) is 5.10. The molecular weight excluding hydrogens is 270 g/mol. The quantitative estimate of drug-likeness (QED) is 0.822. The van der Waals surface area contributed by atoms with Crippen LogP contribution in [0.4, 0.5) is 11.4 Å². The highest BCUT2D eigenvalue weighted by molar-refractivity contribution is 6.00. The van der Waals surface area contributed by atoms with Gasteiger partial charge in [0.05, 0.1) is 0 Å². The Labute approximate surface area is 123 Å². The number of rotatable bonds is 3. The van der Waals surface area contributed by atoms with Gasteiger partial charge in [0, 0.05) is 31.8 Å². The number of anilines is 2. The van der Waals surface area contributed by atoms with Crippen LogP contribution in [-0.2, 0) is 14.4 Å². The van der Waals surface area contributed by atoms with E-state index in [2.05, 4.69) is 10.6 Å². The molecule has 1 fully saturated rings. The molecule has 0 aromatic heterocycles. The smallest absolute Gasteiger partial charge is 0.249 e. The maximum absolute atomic E-state index is 12.0. The van der Waals surface area contributed by atoms with E-state index in [1.165, 1.54) is 6.92 Å². The summed E-state index contributed by atoms with van der Waals surface area (Å²) in [4.78, 5) is 36.2. The molecule has 2 rings (SSSR count). The summed E-state index contributed by atoms with van der Waals surface area (Å²) >= 11 is 0. The van der Waals surface area contributed by atoms with E-state index < -0.39 is 0 Å². The van der Waals surface area contributed by atoms with E-state index in [0.717, 1.165) is 5.69 Å². The SMILES string of the molecule is CC(=O)Nc1ccc(N(C)C2CCCC(=O)NC2=O)cc1. The number of imide groups is 1. The van der Waals surface area contributed by atoms with Crippen molar-refractivity contribution in [2.45, 2.75) is 32.2 Å². The Morgan fingerprint density at radius 3 is 2.57 bits per heavy atom. The van der Waals surface area contributed by atoms with Crippen molar-refractivity contribution in [3.05, 3.63) is 24.3 Å². The van der Waals surface area contributed by atoms with E-state index in [4.69, 9.17) is 0 Å². The van der Waals surface area contributed by atoms with Gasteiger partial charge in [-0.25, -0.2) is 0 Å². The molecule has 0 spiro atoms. The van der Waals surface area contributed by atoms with Gasteiger partial charge in [0.1, 0.15) is 6.04 Å². The van der Waals surface area contributed by atoms with Crippen LogP contribution in [0.2, 0.25) is 0 Å². The number of hydrogen-bond donors (Lipinski definition) is 2. The number of carbonyl (C=O) groups is 3. The lowest BCUT2D eigenvalue weighted by atomic mass is 10.1. The highest BCUT2D eigenvalue weighted by atomic mass is 16.2. The lowest BCUT2D eigenvalue weighted by molar-refractivity contribution is -0.130. The second kappa shape index (κ2) is 6.39. The fourth-order valence-electron chi connectivity index (χ4n) is 2.40. The zero-order chi connectivity index (χ0) is 15.4. The molecule has 0 bridgehead atoms. The van der Waals surface area contributed by atoms with Gasteiger partial charge in [0.2, 0.25) is 17.7 Å². The lowest BCUT2D eigenvalue weighted by Crippen LogP contribution is -2.45. The van der Waals surface area contributed by atoms with Crippen molar-refractivity contribution in [2.24, 2.45) is 0 Å². The summed E-state index contributed by atoms with van der Waals surface area (Å²) in [6.07, 6.45) is 1.72. The fourth-order valence-corrected chi connectivity index (χ4v) is 2.40. The molecule has 0 saturated carbocycles. The third kappa shape index (κ3) is 3.81. The normalized spacial score (nSPS) is 18.7. The number of nitrogens with one attached hydrogen (secondary N) is 2. The summed E-state index contributed by atoms with van der Waals surface area (Å²) in [5.41, 5.74) is 1.57. The van der Waals surface area contributed by atoms with Crippen molar-refractivity contribution in [1.29, 1.82) is 0 Å².